The van der Waals surface area contributed by atoms with Crippen molar-refractivity contribution >= 4 is 23.4 Å². The van der Waals surface area contributed by atoms with Crippen LogP contribution in [0.4, 0.5) is 0 Å². The third-order valence-electron chi connectivity index (χ3n) is 5.48. The van der Waals surface area contributed by atoms with Gasteiger partial charge in [-0.2, -0.15) is 0 Å². The lowest BCUT2D eigenvalue weighted by Crippen LogP contribution is -2.53. The molecule has 2 atom stereocenters. The van der Waals surface area contributed by atoms with Crippen LogP contribution in [0.1, 0.15) is 44.6 Å². The highest BCUT2D eigenvalue weighted by atomic mass is 35.5. The van der Waals surface area contributed by atoms with E-state index in [1.54, 1.807) is 9.80 Å². The molecule has 0 spiro atoms. The second-order valence-corrected chi connectivity index (χ2v) is 7.93. The first kappa shape index (κ1) is 19.2. The van der Waals surface area contributed by atoms with E-state index in [9.17, 15) is 14.7 Å². The molecule has 2 aliphatic rings. The van der Waals surface area contributed by atoms with Crippen LogP contribution in [-0.2, 0) is 16.0 Å². The fourth-order valence-electron chi connectivity index (χ4n) is 4.12. The van der Waals surface area contributed by atoms with Crippen LogP contribution < -0.4 is 0 Å². The molecule has 0 bridgehead atoms. The van der Waals surface area contributed by atoms with Gasteiger partial charge in [-0.3, -0.25) is 9.59 Å². The van der Waals surface area contributed by atoms with E-state index in [0.29, 0.717) is 50.3 Å². The lowest BCUT2D eigenvalue weighted by Gasteiger charge is -2.37. The second kappa shape index (κ2) is 7.97. The average Bonchev–Trinajstić information content (AvgIpc) is 3.02. The van der Waals surface area contributed by atoms with Gasteiger partial charge in [0.1, 0.15) is 6.04 Å². The molecule has 142 valence electrons. The molecule has 2 fully saturated rings. The number of carbonyl (C=O) groups excluding carboxylic acids is 2. The fourth-order valence-corrected chi connectivity index (χ4v) is 4.33. The van der Waals surface area contributed by atoms with E-state index in [2.05, 4.69) is 0 Å². The molecule has 0 radical (unpaired) electrons. The number of rotatable bonds is 4. The molecular weight excluding hydrogens is 352 g/mol. The largest absolute Gasteiger partial charge is 0.388 e. The lowest BCUT2D eigenvalue weighted by molar-refractivity contribution is -0.147. The highest BCUT2D eigenvalue weighted by molar-refractivity contribution is 6.30. The number of piperidine rings is 1. The van der Waals surface area contributed by atoms with Gasteiger partial charge in [0.15, 0.2) is 0 Å². The number of carbonyl (C=O) groups is 2. The lowest BCUT2D eigenvalue weighted by atomic mass is 9.94. The Balaban J connectivity index is 1.67. The molecule has 1 N–H and O–H groups in total. The minimum atomic E-state index is -0.936. The van der Waals surface area contributed by atoms with Gasteiger partial charge in [0.25, 0.3) is 0 Å². The molecule has 2 saturated heterocycles. The van der Waals surface area contributed by atoms with Gasteiger partial charge in [-0.05, 0) is 43.4 Å². The topological polar surface area (TPSA) is 60.9 Å². The zero-order chi connectivity index (χ0) is 18.7. The zero-order valence-corrected chi connectivity index (χ0v) is 16.0. The summed E-state index contributed by atoms with van der Waals surface area (Å²) in [5.41, 5.74) is 0.0315. The van der Waals surface area contributed by atoms with Crippen molar-refractivity contribution in [2.24, 2.45) is 0 Å². The molecule has 2 amide bonds. The first-order valence-electron chi connectivity index (χ1n) is 9.47. The molecule has 26 heavy (non-hydrogen) atoms. The van der Waals surface area contributed by atoms with Crippen molar-refractivity contribution in [3.05, 3.63) is 34.9 Å². The van der Waals surface area contributed by atoms with E-state index in [0.717, 1.165) is 18.4 Å². The van der Waals surface area contributed by atoms with E-state index in [-0.39, 0.29) is 17.9 Å². The summed E-state index contributed by atoms with van der Waals surface area (Å²) in [5, 5.41) is 11.6. The van der Waals surface area contributed by atoms with Crippen molar-refractivity contribution in [1.29, 1.82) is 0 Å². The summed E-state index contributed by atoms with van der Waals surface area (Å²) >= 11 is 6.03. The fraction of sp³-hybridized carbons (Fsp3) is 0.600. The Hall–Kier alpha value is -1.59. The van der Waals surface area contributed by atoms with Crippen LogP contribution in [-0.4, -0.2) is 58.0 Å². The third kappa shape index (κ3) is 4.21. The molecule has 1 aromatic rings. The quantitative estimate of drug-likeness (QED) is 0.876. The SMILES string of the molecule is CCC(=O)N1CCCCC1C(=O)N1CCC(O)(Cc2cccc(Cl)c2)C1. The number of hydrogen-bond donors (Lipinski definition) is 1. The maximum Gasteiger partial charge on any atom is 0.245 e. The monoisotopic (exact) mass is 378 g/mol. The van der Waals surface area contributed by atoms with Gasteiger partial charge in [-0.1, -0.05) is 30.7 Å². The maximum atomic E-state index is 13.0. The number of benzene rings is 1. The number of β-amino-alcohol motifs (C(OH)–C–C–N with tert-alkyl or cyclic N) is 1. The molecule has 1 aromatic carbocycles. The number of likely N-dealkylation sites (tertiary alicyclic amines) is 2. The van der Waals surface area contributed by atoms with Crippen LogP contribution in [0.15, 0.2) is 24.3 Å². The molecule has 5 nitrogen and oxygen atoms in total. The van der Waals surface area contributed by atoms with Gasteiger partial charge >= 0.3 is 0 Å². The number of amides is 2. The van der Waals surface area contributed by atoms with Gasteiger partial charge in [0.05, 0.1) is 5.60 Å². The van der Waals surface area contributed by atoms with Crippen LogP contribution >= 0.6 is 11.6 Å². The van der Waals surface area contributed by atoms with Crippen molar-refractivity contribution < 1.29 is 14.7 Å². The Morgan fingerprint density at radius 2 is 2.12 bits per heavy atom. The smallest absolute Gasteiger partial charge is 0.245 e. The molecule has 2 unspecified atom stereocenters. The highest BCUT2D eigenvalue weighted by Crippen LogP contribution is 2.29. The van der Waals surface area contributed by atoms with Crippen molar-refractivity contribution in [3.8, 4) is 0 Å². The predicted octanol–water partition coefficient (Wildman–Crippen LogP) is 2.64. The zero-order valence-electron chi connectivity index (χ0n) is 15.3. The van der Waals surface area contributed by atoms with Gasteiger partial charge in [-0.25, -0.2) is 0 Å². The Kier molecular flexibility index (Phi) is 5.88. The number of halogens is 1. The molecule has 0 aliphatic carbocycles. The van der Waals surface area contributed by atoms with Crippen molar-refractivity contribution in [1.82, 2.24) is 9.80 Å². The first-order valence-corrected chi connectivity index (χ1v) is 9.85. The summed E-state index contributed by atoms with van der Waals surface area (Å²) in [6.45, 7) is 3.32. The summed E-state index contributed by atoms with van der Waals surface area (Å²) < 4.78 is 0. The standard InChI is InChI=1S/C20H27ClN2O3/c1-2-18(24)23-10-4-3-8-17(23)19(25)22-11-9-20(26,14-22)13-15-6-5-7-16(21)12-15/h5-7,12,17,26H,2-4,8-11,13-14H2,1H3. The van der Waals surface area contributed by atoms with Gasteiger partial charge in [0.2, 0.25) is 11.8 Å². The summed E-state index contributed by atoms with van der Waals surface area (Å²) in [4.78, 5) is 28.7. The molecule has 0 saturated carbocycles. The van der Waals surface area contributed by atoms with E-state index in [1.807, 2.05) is 31.2 Å². The van der Waals surface area contributed by atoms with Crippen LogP contribution in [0.25, 0.3) is 0 Å². The Labute approximate surface area is 159 Å². The van der Waals surface area contributed by atoms with E-state index < -0.39 is 5.60 Å². The van der Waals surface area contributed by atoms with E-state index in [4.69, 9.17) is 11.6 Å². The van der Waals surface area contributed by atoms with Gasteiger partial charge in [0, 0.05) is 37.5 Å². The number of hydrogen-bond acceptors (Lipinski definition) is 3. The second-order valence-electron chi connectivity index (χ2n) is 7.49. The Morgan fingerprint density at radius 3 is 2.85 bits per heavy atom. The van der Waals surface area contributed by atoms with Crippen LogP contribution in [0.5, 0.6) is 0 Å². The number of nitrogens with zero attached hydrogens (tertiary/aromatic N) is 2. The van der Waals surface area contributed by atoms with Crippen molar-refractivity contribution in [2.45, 2.75) is 57.1 Å². The normalized spacial score (nSPS) is 26.2. The summed E-state index contributed by atoms with van der Waals surface area (Å²) in [5.74, 6) is 0.0185. The van der Waals surface area contributed by atoms with Crippen LogP contribution in [0, 0.1) is 0 Å². The summed E-state index contributed by atoms with van der Waals surface area (Å²) in [6, 6.07) is 7.10. The predicted molar refractivity (Wildman–Crippen MR) is 101 cm³/mol. The van der Waals surface area contributed by atoms with Crippen molar-refractivity contribution in [3.63, 3.8) is 0 Å². The molecule has 0 aromatic heterocycles. The van der Waals surface area contributed by atoms with Gasteiger partial charge < -0.3 is 14.9 Å². The van der Waals surface area contributed by atoms with Crippen LogP contribution in [0.2, 0.25) is 5.02 Å². The highest BCUT2D eigenvalue weighted by Gasteiger charge is 2.42. The number of aliphatic hydroxyl groups is 1. The Morgan fingerprint density at radius 1 is 1.31 bits per heavy atom. The molecular formula is C20H27ClN2O3. The average molecular weight is 379 g/mol. The first-order chi connectivity index (χ1) is 12.4. The third-order valence-corrected chi connectivity index (χ3v) is 5.71. The molecule has 2 aliphatic heterocycles. The minimum absolute atomic E-state index is 0.0199. The molecule has 3 rings (SSSR count). The summed E-state index contributed by atoms with van der Waals surface area (Å²) in [6.07, 6.45) is 4.06. The van der Waals surface area contributed by atoms with E-state index >= 15 is 0 Å². The minimum Gasteiger partial charge on any atom is -0.388 e. The van der Waals surface area contributed by atoms with Crippen LogP contribution in [0.3, 0.4) is 0 Å². The summed E-state index contributed by atoms with van der Waals surface area (Å²) in [7, 11) is 0. The molecule has 6 heteroatoms. The van der Waals surface area contributed by atoms with E-state index in [1.165, 1.54) is 0 Å². The maximum absolute atomic E-state index is 13.0. The van der Waals surface area contributed by atoms with Gasteiger partial charge in [-0.15, -0.1) is 0 Å². The van der Waals surface area contributed by atoms with Crippen molar-refractivity contribution in [2.75, 3.05) is 19.6 Å². The molecule has 2 heterocycles. The Bertz CT molecular complexity index is 681.